The molecule has 29 nitrogen and oxygen atoms in total. The van der Waals surface area contributed by atoms with Crippen LogP contribution in [0, 0.1) is 5.92 Å². The van der Waals surface area contributed by atoms with Gasteiger partial charge in [-0.05, 0) is 132 Å². The minimum atomic E-state index is -0.944. The average molecular weight is 1510 g/mol. The first-order valence-electron chi connectivity index (χ1n) is 36.6. The summed E-state index contributed by atoms with van der Waals surface area (Å²) in [7, 11) is 3.03. The van der Waals surface area contributed by atoms with E-state index in [9.17, 15) is 39.0 Å². The number of methoxy groups -OCH3 is 2. The standard InChI is InChI=1S/C80H97N7O22/c1-52(2)76(85-75(91)20-24-98-26-28-100-30-32-102-34-36-104-38-39-105-37-35-103-33-31-101-29-27-99-25-21-81-74(90)19-13-57-42-63(88)16-17-67(57)89)78(93)83-53(3)77(92)84-60-14-10-54(11-15-60)58-41-62-48-82-66-47-73(70(97-5)46-65(66)80(95)87(62)49-58)107-23-7-22-106-72-44-56-8-6-9-61-40-59(55-12-18-68-71(43-55)109-51-108-68)50-86(61)79(94)64(56)45-69(72)96-4/h8-12,14-18,42-50,52-53,61-62,76,88-89H,7,13,19-41,51H2,1-5H3,(H,81,90)(H,83,93)(H,84,92)(H,85,91). The average Bonchev–Trinajstić information content (AvgIpc) is 1.67. The normalized spacial score (nSPS) is 15.7. The summed E-state index contributed by atoms with van der Waals surface area (Å²) in [6, 6.07) is 21.6. The zero-order valence-corrected chi connectivity index (χ0v) is 62.1. The monoisotopic (exact) mass is 1510 g/mol. The molecule has 0 fully saturated rings. The van der Waals surface area contributed by atoms with Gasteiger partial charge in [-0.25, -0.2) is 0 Å². The molecule has 6 N–H and O–H groups in total. The molecule has 5 heterocycles. The van der Waals surface area contributed by atoms with Crippen LogP contribution >= 0.6 is 0 Å². The number of phenols is 2. The number of carbonyl (C=O) groups is 6. The molecule has 10 rings (SSSR count). The fraction of sp³-hybridized carbons (Fsp3) is 0.450. The molecule has 5 aromatic carbocycles. The van der Waals surface area contributed by atoms with Crippen molar-refractivity contribution in [2.45, 2.75) is 83.5 Å². The Kier molecular flexibility index (Phi) is 31.2. The fourth-order valence-electron chi connectivity index (χ4n) is 12.2. The number of anilines is 1. The van der Waals surface area contributed by atoms with Gasteiger partial charge in [-0.3, -0.25) is 33.8 Å². The summed E-state index contributed by atoms with van der Waals surface area (Å²) in [6.45, 7) is 11.9. The van der Waals surface area contributed by atoms with Crippen molar-refractivity contribution < 1.29 is 105 Å². The van der Waals surface area contributed by atoms with E-state index in [4.69, 9.17) is 71.3 Å². The summed E-state index contributed by atoms with van der Waals surface area (Å²) >= 11 is 0. The Morgan fingerprint density at radius 1 is 0.569 bits per heavy atom. The summed E-state index contributed by atoms with van der Waals surface area (Å²) in [5.74, 6) is 0.822. The highest BCUT2D eigenvalue weighted by molar-refractivity contribution is 6.06. The van der Waals surface area contributed by atoms with Crippen LogP contribution in [0.3, 0.4) is 0 Å². The molecule has 5 aromatic rings. The number of phenolic OH excluding ortho intramolecular Hbond substituents is 2. The molecule has 0 saturated carbocycles. The largest absolute Gasteiger partial charge is 0.508 e. The molecule has 4 unspecified atom stereocenters. The number of aliphatic imine (C=N–C) groups is 1. The minimum absolute atomic E-state index is 0.0125. The molecule has 0 aliphatic carbocycles. The third-order valence-corrected chi connectivity index (χ3v) is 18.0. The molecule has 29 heteroatoms. The van der Waals surface area contributed by atoms with Crippen LogP contribution in [0.5, 0.6) is 46.0 Å². The summed E-state index contributed by atoms with van der Waals surface area (Å²) in [6.07, 6.45) is 11.2. The van der Waals surface area contributed by atoms with Crippen molar-refractivity contribution >= 4 is 70.3 Å². The van der Waals surface area contributed by atoms with E-state index >= 15 is 0 Å². The van der Waals surface area contributed by atoms with Crippen molar-refractivity contribution in [3.8, 4) is 46.0 Å². The van der Waals surface area contributed by atoms with Gasteiger partial charge in [0.1, 0.15) is 23.6 Å². The van der Waals surface area contributed by atoms with Crippen LogP contribution in [-0.4, -0.2) is 232 Å². The van der Waals surface area contributed by atoms with Gasteiger partial charge in [0.15, 0.2) is 34.5 Å². The summed E-state index contributed by atoms with van der Waals surface area (Å²) in [4.78, 5) is 88.2. The third kappa shape index (κ3) is 23.8. The number of benzene rings is 5. The first-order chi connectivity index (χ1) is 53.0. The van der Waals surface area contributed by atoms with Crippen LogP contribution in [0.2, 0.25) is 0 Å². The lowest BCUT2D eigenvalue weighted by Crippen LogP contribution is -2.53. The van der Waals surface area contributed by atoms with Gasteiger partial charge in [0.25, 0.3) is 11.8 Å². The van der Waals surface area contributed by atoms with Crippen molar-refractivity contribution in [3.63, 3.8) is 0 Å². The number of amides is 6. The molecule has 6 amide bonds. The first-order valence-corrected chi connectivity index (χ1v) is 36.6. The van der Waals surface area contributed by atoms with Gasteiger partial charge in [0, 0.05) is 62.6 Å². The molecule has 109 heavy (non-hydrogen) atoms. The Bertz CT molecular complexity index is 4100. The molecular weight excluding hydrogens is 1410 g/mol. The van der Waals surface area contributed by atoms with Gasteiger partial charge in [0.2, 0.25) is 30.4 Å². The Morgan fingerprint density at radius 2 is 1.13 bits per heavy atom. The highest BCUT2D eigenvalue weighted by Gasteiger charge is 2.36. The molecule has 4 atom stereocenters. The van der Waals surface area contributed by atoms with Crippen molar-refractivity contribution in [2.75, 3.05) is 152 Å². The summed E-state index contributed by atoms with van der Waals surface area (Å²) in [5.41, 5.74) is 9.81. The molecule has 0 radical (unpaired) electrons. The highest BCUT2D eigenvalue weighted by Crippen LogP contribution is 2.43. The van der Waals surface area contributed by atoms with Crippen LogP contribution in [0.15, 0.2) is 114 Å². The molecule has 5 aliphatic heterocycles. The van der Waals surface area contributed by atoms with E-state index in [0.29, 0.717) is 193 Å². The van der Waals surface area contributed by atoms with Crippen LogP contribution < -0.4 is 49.7 Å². The number of nitrogens with zero attached hydrogens (tertiary/aromatic N) is 3. The Balaban J connectivity index is 0.540. The van der Waals surface area contributed by atoms with Crippen LogP contribution in [-0.2, 0) is 63.5 Å². The second-order valence-electron chi connectivity index (χ2n) is 26.2. The van der Waals surface area contributed by atoms with Gasteiger partial charge < -0.3 is 108 Å². The zero-order valence-electron chi connectivity index (χ0n) is 62.1. The smallest absolute Gasteiger partial charge is 0.260 e. The van der Waals surface area contributed by atoms with E-state index in [2.05, 4.69) is 27.0 Å². The zero-order chi connectivity index (χ0) is 76.9. The van der Waals surface area contributed by atoms with Gasteiger partial charge in [-0.15, -0.1) is 5.73 Å². The van der Waals surface area contributed by atoms with E-state index in [1.54, 1.807) is 79.3 Å². The van der Waals surface area contributed by atoms with E-state index in [1.807, 2.05) is 48.8 Å². The predicted octanol–water partition coefficient (Wildman–Crippen LogP) is 7.96. The fourth-order valence-corrected chi connectivity index (χ4v) is 12.2. The van der Waals surface area contributed by atoms with Gasteiger partial charge in [-0.1, -0.05) is 32.0 Å². The number of aromatic hydroxyl groups is 2. The van der Waals surface area contributed by atoms with Crippen molar-refractivity contribution in [1.29, 1.82) is 0 Å². The maximum Gasteiger partial charge on any atom is 0.260 e. The lowest BCUT2D eigenvalue weighted by molar-refractivity contribution is -0.132. The number of aryl methyl sites for hydroxylation is 1. The summed E-state index contributed by atoms with van der Waals surface area (Å²) < 4.78 is 79.2. The molecule has 584 valence electrons. The maximum absolute atomic E-state index is 14.2. The second-order valence-corrected chi connectivity index (χ2v) is 26.2. The lowest BCUT2D eigenvalue weighted by Gasteiger charge is -2.24. The maximum atomic E-state index is 14.2. The van der Waals surface area contributed by atoms with E-state index < -0.39 is 23.9 Å². The Hall–Kier alpha value is -10.3. The number of hydrogen-bond acceptors (Lipinski definition) is 23. The predicted molar refractivity (Wildman–Crippen MR) is 402 cm³/mol. The Labute approximate surface area is 633 Å². The molecular formula is C80H97N7O22. The van der Waals surface area contributed by atoms with Crippen molar-refractivity contribution in [1.82, 2.24) is 25.8 Å². The topological polar surface area (TPSA) is 339 Å². The Morgan fingerprint density at radius 3 is 1.76 bits per heavy atom. The number of ether oxygens (including phenoxy) is 14. The number of carbonyl (C=O) groups excluding carboxylic acids is 6. The minimum Gasteiger partial charge on any atom is -0.508 e. The van der Waals surface area contributed by atoms with E-state index in [-0.39, 0.29) is 99.2 Å². The number of nitrogens with one attached hydrogen (secondary N) is 4. The first kappa shape index (κ1) is 81.2. The SMILES string of the molecule is COc1cc2c(cc1OCCCOc1cc3c(cc1OC)C(=O)N1C=C(c4ccc(NC(=O)C(C)NC(=O)C(NC(=O)CCOCCOCCOCCOCCOCCOCCOCCOCCNC(=O)CCc5cc(O)ccc5O)C(C)C)cc4)CC1C=N3)C=C=CC1CC(c3ccc4c(c3)OCO4)=CN1C2=O. The highest BCUT2D eigenvalue weighted by atomic mass is 16.7. The molecule has 0 spiro atoms. The number of hydrogen-bond donors (Lipinski definition) is 6. The van der Waals surface area contributed by atoms with Crippen LogP contribution in [0.4, 0.5) is 11.4 Å². The van der Waals surface area contributed by atoms with Crippen LogP contribution in [0.1, 0.15) is 95.8 Å². The second kappa shape index (κ2) is 41.9. The number of rotatable bonds is 46. The molecule has 0 aromatic heterocycles. The molecule has 0 saturated heterocycles. The molecule has 0 bridgehead atoms. The van der Waals surface area contributed by atoms with E-state index in [0.717, 1.165) is 22.3 Å². The van der Waals surface area contributed by atoms with Gasteiger partial charge >= 0.3 is 0 Å². The molecule has 5 aliphatic rings. The van der Waals surface area contributed by atoms with E-state index in [1.165, 1.54) is 32.4 Å². The number of fused-ring (bicyclic) bond motifs is 5. The third-order valence-electron chi connectivity index (χ3n) is 18.0. The quantitative estimate of drug-likeness (QED) is 0.0122. The summed E-state index contributed by atoms with van der Waals surface area (Å²) in [5, 5.41) is 30.5. The van der Waals surface area contributed by atoms with Crippen LogP contribution in [0.25, 0.3) is 17.2 Å². The van der Waals surface area contributed by atoms with Crippen molar-refractivity contribution in [2.24, 2.45) is 10.9 Å². The van der Waals surface area contributed by atoms with Gasteiger partial charge in [0.05, 0.1) is 162 Å². The van der Waals surface area contributed by atoms with Crippen molar-refractivity contribution in [3.05, 3.63) is 143 Å². The van der Waals surface area contributed by atoms with Gasteiger partial charge in [-0.2, -0.15) is 0 Å². The lowest BCUT2D eigenvalue weighted by atomic mass is 10.00.